The van der Waals surface area contributed by atoms with E-state index in [0.717, 1.165) is 23.5 Å². The SMILES string of the molecule is CCc1cc(C(O)c2ccnn2C(C)C)n(C)n1. The van der Waals surface area contributed by atoms with Gasteiger partial charge in [-0.1, -0.05) is 6.92 Å². The summed E-state index contributed by atoms with van der Waals surface area (Å²) in [7, 11) is 1.85. The molecule has 0 bridgehead atoms. The zero-order valence-electron chi connectivity index (χ0n) is 11.3. The smallest absolute Gasteiger partial charge is 0.137 e. The number of aryl methyl sites for hydroxylation is 2. The minimum atomic E-state index is -0.687. The minimum Gasteiger partial charge on any atom is -0.380 e. The summed E-state index contributed by atoms with van der Waals surface area (Å²) >= 11 is 0. The van der Waals surface area contributed by atoms with E-state index >= 15 is 0 Å². The molecule has 0 saturated carbocycles. The molecular formula is C13H20N4O. The van der Waals surface area contributed by atoms with Gasteiger partial charge in [-0.3, -0.25) is 9.36 Å². The lowest BCUT2D eigenvalue weighted by atomic mass is 10.1. The molecule has 1 N–H and O–H groups in total. The third-order valence-corrected chi connectivity index (χ3v) is 3.08. The maximum Gasteiger partial charge on any atom is 0.137 e. The number of hydrogen-bond acceptors (Lipinski definition) is 3. The summed E-state index contributed by atoms with van der Waals surface area (Å²) in [5.41, 5.74) is 2.59. The first-order valence-electron chi connectivity index (χ1n) is 6.28. The van der Waals surface area contributed by atoms with Gasteiger partial charge in [0.05, 0.1) is 17.1 Å². The lowest BCUT2D eigenvalue weighted by molar-refractivity contribution is 0.195. The molecule has 0 aromatic carbocycles. The van der Waals surface area contributed by atoms with E-state index in [4.69, 9.17) is 0 Å². The van der Waals surface area contributed by atoms with Gasteiger partial charge in [0.15, 0.2) is 0 Å². The van der Waals surface area contributed by atoms with Gasteiger partial charge in [-0.15, -0.1) is 0 Å². The van der Waals surface area contributed by atoms with Crippen LogP contribution >= 0.6 is 0 Å². The fraction of sp³-hybridized carbons (Fsp3) is 0.538. The van der Waals surface area contributed by atoms with E-state index < -0.39 is 6.10 Å². The standard InChI is InChI=1S/C13H20N4O/c1-5-10-8-12(16(4)15-10)13(18)11-6-7-14-17(11)9(2)3/h6-9,13,18H,5H2,1-4H3. The van der Waals surface area contributed by atoms with E-state index in [1.54, 1.807) is 10.9 Å². The molecule has 2 heterocycles. The van der Waals surface area contributed by atoms with Crippen molar-refractivity contribution in [2.45, 2.75) is 39.3 Å². The van der Waals surface area contributed by atoms with Gasteiger partial charge in [-0.25, -0.2) is 0 Å². The Hall–Kier alpha value is -1.62. The van der Waals surface area contributed by atoms with Crippen LogP contribution in [0.25, 0.3) is 0 Å². The lowest BCUT2D eigenvalue weighted by Gasteiger charge is -2.16. The topological polar surface area (TPSA) is 55.9 Å². The van der Waals surface area contributed by atoms with Crippen LogP contribution in [0.15, 0.2) is 18.3 Å². The van der Waals surface area contributed by atoms with Crippen molar-refractivity contribution in [3.8, 4) is 0 Å². The summed E-state index contributed by atoms with van der Waals surface area (Å²) in [6.07, 6.45) is 1.90. The predicted molar refractivity (Wildman–Crippen MR) is 69.3 cm³/mol. The second kappa shape index (κ2) is 4.94. The Morgan fingerprint density at radius 1 is 1.33 bits per heavy atom. The van der Waals surface area contributed by atoms with Crippen molar-refractivity contribution < 1.29 is 5.11 Å². The van der Waals surface area contributed by atoms with Gasteiger partial charge >= 0.3 is 0 Å². The van der Waals surface area contributed by atoms with E-state index in [1.807, 2.05) is 37.7 Å². The predicted octanol–water partition coefficient (Wildman–Crippen LogP) is 1.84. The molecule has 5 heteroatoms. The maximum atomic E-state index is 10.5. The van der Waals surface area contributed by atoms with Crippen LogP contribution in [0.3, 0.4) is 0 Å². The molecule has 0 spiro atoms. The van der Waals surface area contributed by atoms with Crippen LogP contribution in [-0.2, 0) is 13.5 Å². The fourth-order valence-corrected chi connectivity index (χ4v) is 2.10. The third-order valence-electron chi connectivity index (χ3n) is 3.08. The number of rotatable bonds is 4. The van der Waals surface area contributed by atoms with E-state index in [1.165, 1.54) is 0 Å². The summed E-state index contributed by atoms with van der Waals surface area (Å²) in [6, 6.07) is 4.02. The quantitative estimate of drug-likeness (QED) is 0.898. The second-order valence-electron chi connectivity index (χ2n) is 4.73. The highest BCUT2D eigenvalue weighted by Gasteiger charge is 2.20. The van der Waals surface area contributed by atoms with E-state index in [2.05, 4.69) is 17.1 Å². The van der Waals surface area contributed by atoms with E-state index in [0.29, 0.717) is 0 Å². The Balaban J connectivity index is 2.38. The highest BCUT2D eigenvalue weighted by molar-refractivity contribution is 5.22. The van der Waals surface area contributed by atoms with Crippen molar-refractivity contribution in [3.05, 3.63) is 35.4 Å². The molecule has 0 amide bonds. The van der Waals surface area contributed by atoms with Crippen molar-refractivity contribution in [2.24, 2.45) is 7.05 Å². The third kappa shape index (κ3) is 2.18. The molecule has 2 aromatic rings. The number of aliphatic hydroxyl groups is 1. The average Bonchev–Trinajstić information content (AvgIpc) is 2.94. The summed E-state index contributed by atoms with van der Waals surface area (Å²) < 4.78 is 3.57. The molecule has 2 rings (SSSR count). The largest absolute Gasteiger partial charge is 0.380 e. The molecule has 1 unspecified atom stereocenters. The number of aromatic nitrogens is 4. The van der Waals surface area contributed by atoms with Crippen LogP contribution in [0.4, 0.5) is 0 Å². The summed E-state index contributed by atoms with van der Waals surface area (Å²) in [6.45, 7) is 6.14. The van der Waals surface area contributed by atoms with Gasteiger partial charge in [0.1, 0.15) is 6.10 Å². The first-order chi connectivity index (χ1) is 8.54. The molecule has 0 saturated heterocycles. The lowest BCUT2D eigenvalue weighted by Crippen LogP contribution is -2.14. The van der Waals surface area contributed by atoms with Crippen molar-refractivity contribution in [2.75, 3.05) is 0 Å². The van der Waals surface area contributed by atoms with Crippen LogP contribution in [-0.4, -0.2) is 24.7 Å². The highest BCUT2D eigenvalue weighted by Crippen LogP contribution is 2.24. The van der Waals surface area contributed by atoms with Crippen molar-refractivity contribution >= 4 is 0 Å². The monoisotopic (exact) mass is 248 g/mol. The summed E-state index contributed by atoms with van der Waals surface area (Å²) in [4.78, 5) is 0. The highest BCUT2D eigenvalue weighted by atomic mass is 16.3. The average molecular weight is 248 g/mol. The van der Waals surface area contributed by atoms with Gasteiger partial charge in [0.25, 0.3) is 0 Å². The molecule has 18 heavy (non-hydrogen) atoms. The molecule has 5 nitrogen and oxygen atoms in total. The van der Waals surface area contributed by atoms with E-state index in [-0.39, 0.29) is 6.04 Å². The van der Waals surface area contributed by atoms with Gasteiger partial charge in [-0.05, 0) is 32.4 Å². The molecule has 0 radical (unpaired) electrons. The van der Waals surface area contributed by atoms with Crippen molar-refractivity contribution in [1.29, 1.82) is 0 Å². The van der Waals surface area contributed by atoms with Crippen LogP contribution in [0, 0.1) is 0 Å². The Labute approximate surface area is 107 Å². The Kier molecular flexibility index (Phi) is 3.52. The number of nitrogens with zero attached hydrogens (tertiary/aromatic N) is 4. The van der Waals surface area contributed by atoms with Crippen LogP contribution in [0.2, 0.25) is 0 Å². The van der Waals surface area contributed by atoms with Gasteiger partial charge < -0.3 is 5.11 Å². The molecular weight excluding hydrogens is 228 g/mol. The van der Waals surface area contributed by atoms with Crippen LogP contribution in [0.5, 0.6) is 0 Å². The Morgan fingerprint density at radius 2 is 2.06 bits per heavy atom. The minimum absolute atomic E-state index is 0.225. The van der Waals surface area contributed by atoms with Gasteiger partial charge in [0, 0.05) is 19.3 Å². The molecule has 0 aliphatic carbocycles. The Bertz CT molecular complexity index is 527. The molecule has 0 aliphatic rings. The molecule has 1 atom stereocenters. The number of hydrogen-bond donors (Lipinski definition) is 1. The maximum absolute atomic E-state index is 10.5. The van der Waals surface area contributed by atoms with E-state index in [9.17, 15) is 5.11 Å². The van der Waals surface area contributed by atoms with Crippen molar-refractivity contribution in [3.63, 3.8) is 0 Å². The van der Waals surface area contributed by atoms with Crippen molar-refractivity contribution in [1.82, 2.24) is 19.6 Å². The zero-order valence-corrected chi connectivity index (χ0v) is 11.3. The first kappa shape index (κ1) is 12.8. The Morgan fingerprint density at radius 3 is 2.61 bits per heavy atom. The first-order valence-corrected chi connectivity index (χ1v) is 6.28. The second-order valence-corrected chi connectivity index (χ2v) is 4.73. The molecule has 98 valence electrons. The van der Waals surface area contributed by atoms with Gasteiger partial charge in [0.2, 0.25) is 0 Å². The number of aliphatic hydroxyl groups excluding tert-OH is 1. The molecule has 0 aliphatic heterocycles. The zero-order chi connectivity index (χ0) is 13.3. The fourth-order valence-electron chi connectivity index (χ4n) is 2.10. The normalized spacial score (nSPS) is 13.2. The summed E-state index contributed by atoms with van der Waals surface area (Å²) in [5.74, 6) is 0. The van der Waals surface area contributed by atoms with Crippen LogP contribution < -0.4 is 0 Å². The molecule has 0 fully saturated rings. The molecule has 2 aromatic heterocycles. The summed E-state index contributed by atoms with van der Waals surface area (Å²) in [5, 5.41) is 19.1. The van der Waals surface area contributed by atoms with Gasteiger partial charge in [-0.2, -0.15) is 10.2 Å². The van der Waals surface area contributed by atoms with Crippen LogP contribution in [0.1, 0.15) is 50.0 Å².